The van der Waals surface area contributed by atoms with Gasteiger partial charge in [-0.3, -0.25) is 0 Å². The van der Waals surface area contributed by atoms with Gasteiger partial charge in [0, 0.05) is 19.3 Å². The molecule has 1 saturated carbocycles. The Balaban J connectivity index is 1.78. The molecule has 1 atom stereocenters. The minimum absolute atomic E-state index is 0.793. The molecule has 1 fully saturated rings. The predicted molar refractivity (Wildman–Crippen MR) is 79.0 cm³/mol. The standard InChI is InChI=1S/C16H33NO/c1-3-5-9-15(4-2)14-18-13-8-6-7-12-17-16-10-11-16/h15-17H,3-14H2,1-2H3. The van der Waals surface area contributed by atoms with Crippen LogP contribution < -0.4 is 5.32 Å². The maximum Gasteiger partial charge on any atom is 0.0494 e. The minimum atomic E-state index is 0.793. The van der Waals surface area contributed by atoms with Crippen molar-refractivity contribution in [2.24, 2.45) is 5.92 Å². The summed E-state index contributed by atoms with van der Waals surface area (Å²) in [5.41, 5.74) is 0. The summed E-state index contributed by atoms with van der Waals surface area (Å²) >= 11 is 0. The first-order chi connectivity index (χ1) is 8.86. The van der Waals surface area contributed by atoms with Crippen LogP contribution in [0, 0.1) is 5.92 Å². The highest BCUT2D eigenvalue weighted by Gasteiger charge is 2.19. The van der Waals surface area contributed by atoms with Crippen molar-refractivity contribution in [1.29, 1.82) is 0 Å². The summed E-state index contributed by atoms with van der Waals surface area (Å²) in [6.07, 6.45) is 11.9. The van der Waals surface area contributed by atoms with Crippen molar-refractivity contribution in [3.63, 3.8) is 0 Å². The summed E-state index contributed by atoms with van der Waals surface area (Å²) in [4.78, 5) is 0. The minimum Gasteiger partial charge on any atom is -0.381 e. The molecule has 0 aliphatic heterocycles. The van der Waals surface area contributed by atoms with E-state index in [0.29, 0.717) is 0 Å². The van der Waals surface area contributed by atoms with Gasteiger partial charge in [-0.25, -0.2) is 0 Å². The van der Waals surface area contributed by atoms with Crippen LogP contribution in [-0.2, 0) is 4.74 Å². The molecule has 0 spiro atoms. The summed E-state index contributed by atoms with van der Waals surface area (Å²) in [6.45, 7) is 7.71. The highest BCUT2D eigenvalue weighted by molar-refractivity contribution is 4.80. The van der Waals surface area contributed by atoms with Crippen molar-refractivity contribution in [1.82, 2.24) is 5.32 Å². The third-order valence-corrected chi connectivity index (χ3v) is 3.87. The van der Waals surface area contributed by atoms with Gasteiger partial charge in [0.15, 0.2) is 0 Å². The fourth-order valence-electron chi connectivity index (χ4n) is 2.25. The van der Waals surface area contributed by atoms with E-state index in [0.717, 1.165) is 25.2 Å². The van der Waals surface area contributed by atoms with Gasteiger partial charge in [0.1, 0.15) is 0 Å². The van der Waals surface area contributed by atoms with Gasteiger partial charge in [0.05, 0.1) is 0 Å². The van der Waals surface area contributed by atoms with Crippen LogP contribution in [0.15, 0.2) is 0 Å². The van der Waals surface area contributed by atoms with Gasteiger partial charge < -0.3 is 10.1 Å². The molecule has 0 radical (unpaired) electrons. The largest absolute Gasteiger partial charge is 0.381 e. The first-order valence-electron chi connectivity index (χ1n) is 8.18. The Kier molecular flexibility index (Phi) is 9.59. The van der Waals surface area contributed by atoms with E-state index < -0.39 is 0 Å². The molecule has 18 heavy (non-hydrogen) atoms. The number of unbranched alkanes of at least 4 members (excludes halogenated alkanes) is 3. The number of rotatable bonds is 13. The molecule has 1 N–H and O–H groups in total. The summed E-state index contributed by atoms with van der Waals surface area (Å²) in [5.74, 6) is 0.793. The average Bonchev–Trinajstić information content (AvgIpc) is 3.20. The van der Waals surface area contributed by atoms with Crippen molar-refractivity contribution < 1.29 is 4.74 Å². The molecule has 0 amide bonds. The van der Waals surface area contributed by atoms with E-state index in [1.54, 1.807) is 0 Å². The third kappa shape index (κ3) is 8.93. The molecule has 0 aromatic heterocycles. The monoisotopic (exact) mass is 255 g/mol. The van der Waals surface area contributed by atoms with Crippen LogP contribution in [0.1, 0.15) is 71.6 Å². The molecule has 1 unspecified atom stereocenters. The third-order valence-electron chi connectivity index (χ3n) is 3.87. The van der Waals surface area contributed by atoms with Crippen molar-refractivity contribution in [2.75, 3.05) is 19.8 Å². The van der Waals surface area contributed by atoms with Crippen LogP contribution in [0.4, 0.5) is 0 Å². The second-order valence-electron chi connectivity index (χ2n) is 5.78. The Hall–Kier alpha value is -0.0800. The molecule has 2 heteroatoms. The van der Waals surface area contributed by atoms with Gasteiger partial charge in [-0.1, -0.05) is 33.1 Å². The normalized spacial score (nSPS) is 17.0. The highest BCUT2D eigenvalue weighted by Crippen LogP contribution is 2.18. The maximum atomic E-state index is 5.80. The molecule has 1 aliphatic carbocycles. The lowest BCUT2D eigenvalue weighted by molar-refractivity contribution is 0.0909. The van der Waals surface area contributed by atoms with E-state index in [1.165, 1.54) is 64.3 Å². The van der Waals surface area contributed by atoms with Crippen molar-refractivity contribution in [3.8, 4) is 0 Å². The Morgan fingerprint density at radius 3 is 2.61 bits per heavy atom. The lowest BCUT2D eigenvalue weighted by Crippen LogP contribution is -2.17. The van der Waals surface area contributed by atoms with Gasteiger partial charge in [-0.2, -0.15) is 0 Å². The Bertz CT molecular complexity index is 180. The molecule has 108 valence electrons. The van der Waals surface area contributed by atoms with Crippen LogP contribution in [0.2, 0.25) is 0 Å². The van der Waals surface area contributed by atoms with Gasteiger partial charge in [-0.05, 0) is 51.0 Å². The highest BCUT2D eigenvalue weighted by atomic mass is 16.5. The zero-order chi connectivity index (χ0) is 13.1. The maximum absolute atomic E-state index is 5.80. The molecule has 0 saturated heterocycles. The summed E-state index contributed by atoms with van der Waals surface area (Å²) in [5, 5.41) is 3.56. The molecule has 0 bridgehead atoms. The van der Waals surface area contributed by atoms with E-state index in [1.807, 2.05) is 0 Å². The number of ether oxygens (including phenoxy) is 1. The van der Waals surface area contributed by atoms with E-state index in [9.17, 15) is 0 Å². The summed E-state index contributed by atoms with van der Waals surface area (Å²) in [7, 11) is 0. The summed E-state index contributed by atoms with van der Waals surface area (Å²) < 4.78 is 5.80. The van der Waals surface area contributed by atoms with E-state index >= 15 is 0 Å². The predicted octanol–water partition coefficient (Wildman–Crippen LogP) is 4.14. The Labute approximate surface area is 114 Å². The van der Waals surface area contributed by atoms with Crippen LogP contribution in [0.5, 0.6) is 0 Å². The van der Waals surface area contributed by atoms with E-state index in [2.05, 4.69) is 19.2 Å². The average molecular weight is 255 g/mol. The SMILES string of the molecule is CCCCC(CC)COCCCCCNC1CC1. The van der Waals surface area contributed by atoms with Crippen molar-refractivity contribution >= 4 is 0 Å². The summed E-state index contributed by atoms with van der Waals surface area (Å²) in [6, 6.07) is 0.866. The first-order valence-corrected chi connectivity index (χ1v) is 8.18. The second kappa shape index (κ2) is 10.8. The Morgan fingerprint density at radius 2 is 1.94 bits per heavy atom. The van der Waals surface area contributed by atoms with Gasteiger partial charge in [-0.15, -0.1) is 0 Å². The van der Waals surface area contributed by atoms with Crippen LogP contribution in [0.25, 0.3) is 0 Å². The smallest absolute Gasteiger partial charge is 0.0494 e. The lowest BCUT2D eigenvalue weighted by atomic mass is 10.0. The van der Waals surface area contributed by atoms with Crippen molar-refractivity contribution in [2.45, 2.75) is 77.7 Å². The van der Waals surface area contributed by atoms with Gasteiger partial charge >= 0.3 is 0 Å². The Morgan fingerprint density at radius 1 is 1.11 bits per heavy atom. The first kappa shape index (κ1) is 16.0. The molecular formula is C16H33NO. The van der Waals surface area contributed by atoms with Gasteiger partial charge in [0.2, 0.25) is 0 Å². The molecule has 2 nitrogen and oxygen atoms in total. The molecule has 0 heterocycles. The number of hydrogen-bond acceptors (Lipinski definition) is 2. The molecule has 0 aromatic rings. The molecular weight excluding hydrogens is 222 g/mol. The van der Waals surface area contributed by atoms with Gasteiger partial charge in [0.25, 0.3) is 0 Å². The zero-order valence-corrected chi connectivity index (χ0v) is 12.5. The number of hydrogen-bond donors (Lipinski definition) is 1. The zero-order valence-electron chi connectivity index (χ0n) is 12.5. The molecule has 1 rings (SSSR count). The van der Waals surface area contributed by atoms with Crippen LogP contribution in [-0.4, -0.2) is 25.8 Å². The topological polar surface area (TPSA) is 21.3 Å². The quantitative estimate of drug-likeness (QED) is 0.499. The molecule has 0 aromatic carbocycles. The fraction of sp³-hybridized carbons (Fsp3) is 1.00. The van der Waals surface area contributed by atoms with Crippen LogP contribution >= 0.6 is 0 Å². The van der Waals surface area contributed by atoms with E-state index in [4.69, 9.17) is 4.74 Å². The number of nitrogens with one attached hydrogen (secondary N) is 1. The van der Waals surface area contributed by atoms with E-state index in [-0.39, 0.29) is 0 Å². The fourth-order valence-corrected chi connectivity index (χ4v) is 2.25. The van der Waals surface area contributed by atoms with Crippen molar-refractivity contribution in [3.05, 3.63) is 0 Å². The van der Waals surface area contributed by atoms with Crippen LogP contribution in [0.3, 0.4) is 0 Å². The second-order valence-corrected chi connectivity index (χ2v) is 5.78. The lowest BCUT2D eigenvalue weighted by Gasteiger charge is -2.14. The molecule has 1 aliphatic rings.